The summed E-state index contributed by atoms with van der Waals surface area (Å²) >= 11 is 7.83. The number of hydrogen-bond acceptors (Lipinski definition) is 4. The Morgan fingerprint density at radius 1 is 1.38 bits per heavy atom. The Balaban J connectivity index is 1.71. The molecule has 0 spiro atoms. The van der Waals surface area contributed by atoms with Crippen LogP contribution < -0.4 is 10.1 Å². The Labute approximate surface area is 133 Å². The number of nitrogens with one attached hydrogen (secondary N) is 1. The molecular formula is C16H15ClN2OS. The molecule has 1 aromatic heterocycles. The molecule has 21 heavy (non-hydrogen) atoms. The maximum Gasteiger partial charge on any atom is 0.174 e. The lowest BCUT2D eigenvalue weighted by molar-refractivity contribution is 0.368. The third-order valence-electron chi connectivity index (χ3n) is 3.58. The summed E-state index contributed by atoms with van der Waals surface area (Å²) in [6, 6.07) is 12.1. The van der Waals surface area contributed by atoms with Crippen LogP contribution in [0.4, 0.5) is 5.69 Å². The van der Waals surface area contributed by atoms with Gasteiger partial charge in [-0.2, -0.15) is 5.26 Å². The molecule has 3 rings (SSSR count). The van der Waals surface area contributed by atoms with Crippen molar-refractivity contribution in [2.75, 3.05) is 11.9 Å². The summed E-state index contributed by atoms with van der Waals surface area (Å²) < 4.78 is 6.12. The van der Waals surface area contributed by atoms with Crippen molar-refractivity contribution in [1.82, 2.24) is 0 Å². The maximum atomic E-state index is 8.50. The van der Waals surface area contributed by atoms with E-state index in [-0.39, 0.29) is 6.61 Å². The summed E-state index contributed by atoms with van der Waals surface area (Å²) in [7, 11) is 0. The first kappa shape index (κ1) is 14.2. The number of thiophene rings is 1. The summed E-state index contributed by atoms with van der Waals surface area (Å²) in [4.78, 5) is 1.40. The summed E-state index contributed by atoms with van der Waals surface area (Å²) in [5.74, 6) is 0.713. The lowest BCUT2D eigenvalue weighted by Gasteiger charge is -2.24. The van der Waals surface area contributed by atoms with Gasteiger partial charge in [0.25, 0.3) is 0 Å². The monoisotopic (exact) mass is 318 g/mol. The number of aryl methyl sites for hydroxylation is 1. The number of benzene rings is 1. The lowest BCUT2D eigenvalue weighted by atomic mass is 9.94. The van der Waals surface area contributed by atoms with Crippen molar-refractivity contribution in [1.29, 1.82) is 5.26 Å². The number of halogens is 1. The van der Waals surface area contributed by atoms with Crippen molar-refractivity contribution in [3.63, 3.8) is 0 Å². The highest BCUT2D eigenvalue weighted by atomic mass is 35.5. The van der Waals surface area contributed by atoms with Crippen molar-refractivity contribution in [3.05, 3.63) is 45.1 Å². The Kier molecular flexibility index (Phi) is 4.33. The van der Waals surface area contributed by atoms with Crippen LogP contribution in [0.15, 0.2) is 30.3 Å². The maximum absolute atomic E-state index is 8.50. The molecule has 1 heterocycles. The highest BCUT2D eigenvalue weighted by Gasteiger charge is 2.22. The highest BCUT2D eigenvalue weighted by Crippen LogP contribution is 2.39. The molecule has 0 saturated carbocycles. The molecule has 0 bridgehead atoms. The van der Waals surface area contributed by atoms with Gasteiger partial charge in [-0.25, -0.2) is 0 Å². The first-order valence-electron chi connectivity index (χ1n) is 6.91. The molecule has 3 nitrogen and oxygen atoms in total. The van der Waals surface area contributed by atoms with Crippen LogP contribution in [-0.4, -0.2) is 6.61 Å². The Morgan fingerprint density at radius 3 is 2.95 bits per heavy atom. The minimum atomic E-state index is 0.0756. The van der Waals surface area contributed by atoms with Crippen LogP contribution in [0, 0.1) is 11.3 Å². The molecule has 0 fully saturated rings. The predicted molar refractivity (Wildman–Crippen MR) is 86.2 cm³/mol. The van der Waals surface area contributed by atoms with Gasteiger partial charge in [0.05, 0.1) is 10.4 Å². The van der Waals surface area contributed by atoms with Crippen molar-refractivity contribution in [2.45, 2.75) is 25.3 Å². The third kappa shape index (κ3) is 3.31. The fourth-order valence-corrected chi connectivity index (χ4v) is 4.02. The molecule has 0 amide bonds. The van der Waals surface area contributed by atoms with E-state index in [4.69, 9.17) is 21.6 Å². The number of hydrogen-bond donors (Lipinski definition) is 1. The minimum absolute atomic E-state index is 0.0756. The van der Waals surface area contributed by atoms with E-state index in [0.29, 0.717) is 11.8 Å². The zero-order chi connectivity index (χ0) is 14.7. The van der Waals surface area contributed by atoms with E-state index in [2.05, 4.69) is 11.4 Å². The van der Waals surface area contributed by atoms with Gasteiger partial charge in [0, 0.05) is 10.6 Å². The first-order chi connectivity index (χ1) is 10.3. The minimum Gasteiger partial charge on any atom is -0.479 e. The van der Waals surface area contributed by atoms with Crippen LogP contribution in [0.3, 0.4) is 0 Å². The van der Waals surface area contributed by atoms with E-state index in [1.807, 2.05) is 30.3 Å². The van der Waals surface area contributed by atoms with Crippen molar-refractivity contribution in [2.24, 2.45) is 0 Å². The highest BCUT2D eigenvalue weighted by molar-refractivity contribution is 7.16. The van der Waals surface area contributed by atoms with Gasteiger partial charge in [0.2, 0.25) is 0 Å². The molecule has 1 unspecified atom stereocenters. The van der Waals surface area contributed by atoms with Gasteiger partial charge in [-0.3, -0.25) is 0 Å². The summed E-state index contributed by atoms with van der Waals surface area (Å²) in [6.07, 6.45) is 3.43. The normalized spacial score (nSPS) is 16.9. The zero-order valence-electron chi connectivity index (χ0n) is 11.4. The van der Waals surface area contributed by atoms with Crippen LogP contribution >= 0.6 is 22.9 Å². The van der Waals surface area contributed by atoms with Gasteiger partial charge < -0.3 is 10.1 Å². The predicted octanol–water partition coefficient (Wildman–Crippen LogP) is 4.79. The Hall–Kier alpha value is -1.70. The molecule has 108 valence electrons. The number of anilines is 1. The van der Waals surface area contributed by atoms with Crippen molar-refractivity contribution < 1.29 is 4.74 Å². The van der Waals surface area contributed by atoms with E-state index in [0.717, 1.165) is 22.9 Å². The van der Waals surface area contributed by atoms with Crippen LogP contribution in [0.2, 0.25) is 4.34 Å². The molecule has 0 aliphatic heterocycles. The van der Waals surface area contributed by atoms with Crippen LogP contribution in [0.1, 0.15) is 29.3 Å². The topological polar surface area (TPSA) is 45.0 Å². The Bertz CT molecular complexity index is 660. The number of ether oxygens (including phenoxy) is 1. The molecular weight excluding hydrogens is 304 g/mol. The standard InChI is InChI=1S/C16H15ClN2OS/c17-16-10-13-14(2-1-3-15(13)21-16)19-11-4-6-12(7-5-11)20-9-8-18/h4-7,10,14,19H,1-3,9H2. The van der Waals surface area contributed by atoms with E-state index in [1.165, 1.54) is 16.9 Å². The third-order valence-corrected chi connectivity index (χ3v) is 4.92. The second-order valence-corrected chi connectivity index (χ2v) is 6.76. The van der Waals surface area contributed by atoms with Crippen molar-refractivity contribution >= 4 is 28.6 Å². The molecule has 0 saturated heterocycles. The average Bonchev–Trinajstić information content (AvgIpc) is 2.88. The zero-order valence-corrected chi connectivity index (χ0v) is 13.0. The molecule has 5 heteroatoms. The molecule has 1 atom stereocenters. The molecule has 1 aromatic carbocycles. The summed E-state index contributed by atoms with van der Waals surface area (Å²) in [5.41, 5.74) is 2.39. The van der Waals surface area contributed by atoms with Gasteiger partial charge in [0.1, 0.15) is 11.8 Å². The molecule has 1 aliphatic carbocycles. The quantitative estimate of drug-likeness (QED) is 0.881. The summed E-state index contributed by atoms with van der Waals surface area (Å²) in [6.45, 7) is 0.0756. The SMILES string of the molecule is N#CCOc1ccc(NC2CCCc3sc(Cl)cc32)cc1. The van der Waals surface area contributed by atoms with Gasteiger partial charge in [-0.1, -0.05) is 11.6 Å². The molecule has 0 radical (unpaired) electrons. The van der Waals surface area contributed by atoms with Gasteiger partial charge in [0.15, 0.2) is 6.61 Å². The Morgan fingerprint density at radius 2 is 2.19 bits per heavy atom. The first-order valence-corrected chi connectivity index (χ1v) is 8.10. The van der Waals surface area contributed by atoms with E-state index >= 15 is 0 Å². The van der Waals surface area contributed by atoms with Crippen LogP contribution in [0.25, 0.3) is 0 Å². The molecule has 1 N–H and O–H groups in total. The van der Waals surface area contributed by atoms with E-state index < -0.39 is 0 Å². The second-order valence-electron chi connectivity index (χ2n) is 4.99. The van der Waals surface area contributed by atoms with Crippen LogP contribution in [0.5, 0.6) is 5.75 Å². The van der Waals surface area contributed by atoms with Gasteiger partial charge in [-0.15, -0.1) is 11.3 Å². The van der Waals surface area contributed by atoms with E-state index in [1.54, 1.807) is 11.3 Å². The largest absolute Gasteiger partial charge is 0.479 e. The van der Waals surface area contributed by atoms with Crippen molar-refractivity contribution in [3.8, 4) is 11.8 Å². The number of nitrogens with zero attached hydrogens (tertiary/aromatic N) is 1. The van der Waals surface area contributed by atoms with Gasteiger partial charge >= 0.3 is 0 Å². The average molecular weight is 319 g/mol. The fraction of sp³-hybridized carbons (Fsp3) is 0.312. The smallest absolute Gasteiger partial charge is 0.174 e. The van der Waals surface area contributed by atoms with Crippen LogP contribution in [-0.2, 0) is 6.42 Å². The fourth-order valence-electron chi connectivity index (χ4n) is 2.64. The molecule has 2 aromatic rings. The number of nitriles is 1. The lowest BCUT2D eigenvalue weighted by Crippen LogP contribution is -2.15. The number of rotatable bonds is 4. The molecule has 1 aliphatic rings. The second kappa shape index (κ2) is 6.38. The number of fused-ring (bicyclic) bond motifs is 1. The van der Waals surface area contributed by atoms with E-state index in [9.17, 15) is 0 Å². The van der Waals surface area contributed by atoms with Gasteiger partial charge in [-0.05, 0) is 55.2 Å². The summed E-state index contributed by atoms with van der Waals surface area (Å²) in [5, 5.41) is 12.1.